The van der Waals surface area contributed by atoms with Gasteiger partial charge in [-0.3, -0.25) is 19.2 Å². The second-order valence-electron chi connectivity index (χ2n) is 2.83. The molecule has 0 aromatic heterocycles. The summed E-state index contributed by atoms with van der Waals surface area (Å²) in [5, 5.41) is 24.8. The van der Waals surface area contributed by atoms with Crippen molar-refractivity contribution >= 4 is 23.8 Å². The van der Waals surface area contributed by atoms with Crippen LogP contribution in [-0.4, -0.2) is 52.2 Å². The summed E-state index contributed by atoms with van der Waals surface area (Å²) in [5.41, 5.74) is 5.06. The average Bonchev–Trinajstić information content (AvgIpc) is 2.11. The molecule has 0 aliphatic rings. The third-order valence-electron chi connectivity index (χ3n) is 0.518. The van der Waals surface area contributed by atoms with Crippen LogP contribution < -0.4 is 11.1 Å². The minimum atomic E-state index is -0.833. The van der Waals surface area contributed by atoms with Gasteiger partial charge in [-0.2, -0.15) is 0 Å². The molecular formula is C10H22N2O7. The van der Waals surface area contributed by atoms with Crippen molar-refractivity contribution in [3.63, 3.8) is 0 Å². The predicted molar refractivity (Wildman–Crippen MR) is 67.7 cm³/mol. The summed E-state index contributed by atoms with van der Waals surface area (Å²) >= 11 is 0. The van der Waals surface area contributed by atoms with Crippen molar-refractivity contribution in [3.05, 3.63) is 0 Å². The first kappa shape index (κ1) is 25.6. The van der Waals surface area contributed by atoms with E-state index in [4.69, 9.17) is 35.4 Å². The molecule has 6 N–H and O–H groups in total. The third kappa shape index (κ3) is 896. The molecule has 0 unspecified atom stereocenters. The Morgan fingerprint density at radius 2 is 1.05 bits per heavy atom. The molecule has 114 valence electrons. The maximum atomic E-state index is 10.0. The minimum absolute atomic E-state index is 0.0227. The molecule has 0 aliphatic heterocycles. The summed E-state index contributed by atoms with van der Waals surface area (Å²) in [6, 6.07) is 0. The number of amides is 1. The Morgan fingerprint density at radius 3 is 1.11 bits per heavy atom. The molecule has 0 fully saturated rings. The quantitative estimate of drug-likeness (QED) is 0.445. The molecule has 1 amide bonds. The Balaban J connectivity index is -0.0000000825. The Bertz CT molecular complexity index is 226. The number of carbonyl (C=O) groups excluding carboxylic acids is 1. The molecule has 0 heterocycles. The van der Waals surface area contributed by atoms with Crippen molar-refractivity contribution in [2.24, 2.45) is 5.73 Å². The van der Waals surface area contributed by atoms with Crippen molar-refractivity contribution < 1.29 is 34.5 Å². The lowest BCUT2D eigenvalue weighted by atomic mass is 10.6. The van der Waals surface area contributed by atoms with Crippen molar-refractivity contribution in [1.82, 2.24) is 5.32 Å². The topological polar surface area (TPSA) is 167 Å². The number of carboxylic acid groups (broad SMARTS) is 3. The van der Waals surface area contributed by atoms with E-state index < -0.39 is 17.9 Å². The second kappa shape index (κ2) is 21.2. The highest BCUT2D eigenvalue weighted by atomic mass is 16.4. The maximum absolute atomic E-state index is 10.0. The second-order valence-corrected chi connectivity index (χ2v) is 2.83. The van der Waals surface area contributed by atoms with Crippen LogP contribution >= 0.6 is 0 Å². The van der Waals surface area contributed by atoms with Crippen LogP contribution in [0.2, 0.25) is 0 Å². The zero-order chi connectivity index (χ0) is 16.4. The van der Waals surface area contributed by atoms with Gasteiger partial charge < -0.3 is 26.4 Å². The molecule has 9 nitrogen and oxygen atoms in total. The summed E-state index contributed by atoms with van der Waals surface area (Å²) in [4.78, 5) is 37.0. The van der Waals surface area contributed by atoms with E-state index in [1.165, 1.54) is 6.92 Å². The van der Waals surface area contributed by atoms with E-state index in [2.05, 4.69) is 5.32 Å². The Labute approximate surface area is 111 Å². The van der Waals surface area contributed by atoms with Crippen molar-refractivity contribution in [2.75, 3.05) is 13.1 Å². The van der Waals surface area contributed by atoms with Gasteiger partial charge in [0.25, 0.3) is 17.9 Å². The fraction of sp³-hybridized carbons (Fsp3) is 0.600. The highest BCUT2D eigenvalue weighted by molar-refractivity contribution is 5.72. The molecule has 0 bridgehead atoms. The lowest BCUT2D eigenvalue weighted by Crippen LogP contribution is -2.26. The molecule has 0 aromatic rings. The summed E-state index contributed by atoms with van der Waals surface area (Å²) in [5.74, 6) is -2.52. The summed E-state index contributed by atoms with van der Waals surface area (Å²) in [6.45, 7) is 5.81. The molecule has 0 saturated heterocycles. The van der Waals surface area contributed by atoms with E-state index in [1.54, 1.807) is 0 Å². The van der Waals surface area contributed by atoms with Gasteiger partial charge in [-0.25, -0.2) is 0 Å². The van der Waals surface area contributed by atoms with Gasteiger partial charge >= 0.3 is 0 Å². The van der Waals surface area contributed by atoms with Gasteiger partial charge in [0.05, 0.1) is 0 Å². The van der Waals surface area contributed by atoms with E-state index >= 15 is 0 Å². The van der Waals surface area contributed by atoms with Crippen LogP contribution in [0.15, 0.2) is 0 Å². The first-order chi connectivity index (χ1) is 8.47. The minimum Gasteiger partial charge on any atom is -0.481 e. The van der Waals surface area contributed by atoms with Gasteiger partial charge in [0.1, 0.15) is 0 Å². The first-order valence-electron chi connectivity index (χ1n) is 5.00. The van der Waals surface area contributed by atoms with E-state index in [0.717, 1.165) is 20.8 Å². The Hall–Kier alpha value is -2.16. The molecule has 0 aliphatic carbocycles. The number of aliphatic carboxylic acids is 3. The van der Waals surface area contributed by atoms with Gasteiger partial charge in [0, 0.05) is 40.8 Å². The van der Waals surface area contributed by atoms with Gasteiger partial charge in [0.2, 0.25) is 5.91 Å². The maximum Gasteiger partial charge on any atom is 0.300 e. The molecule has 0 aromatic carbocycles. The molecule has 19 heavy (non-hydrogen) atoms. The Morgan fingerprint density at radius 1 is 0.842 bits per heavy atom. The smallest absolute Gasteiger partial charge is 0.300 e. The van der Waals surface area contributed by atoms with E-state index in [0.29, 0.717) is 13.1 Å². The summed E-state index contributed by atoms with van der Waals surface area (Å²) in [7, 11) is 0. The lowest BCUT2D eigenvalue weighted by molar-refractivity contribution is -0.135. The summed E-state index contributed by atoms with van der Waals surface area (Å²) < 4.78 is 0. The monoisotopic (exact) mass is 282 g/mol. The first-order valence-corrected chi connectivity index (χ1v) is 5.00. The van der Waals surface area contributed by atoms with Crippen LogP contribution in [0.3, 0.4) is 0 Å². The number of hydrogen-bond donors (Lipinski definition) is 5. The largest absolute Gasteiger partial charge is 0.481 e. The lowest BCUT2D eigenvalue weighted by Gasteiger charge is -1.93. The fourth-order valence-electron chi connectivity index (χ4n) is 0.248. The van der Waals surface area contributed by atoms with Gasteiger partial charge in [-0.1, -0.05) is 0 Å². The molecular weight excluding hydrogens is 260 g/mol. The number of hydrogen-bond acceptors (Lipinski definition) is 5. The van der Waals surface area contributed by atoms with Crippen LogP contribution in [0.5, 0.6) is 0 Å². The van der Waals surface area contributed by atoms with Crippen molar-refractivity contribution in [1.29, 1.82) is 0 Å². The van der Waals surface area contributed by atoms with Gasteiger partial charge in [0.15, 0.2) is 0 Å². The van der Waals surface area contributed by atoms with Crippen LogP contribution in [-0.2, 0) is 19.2 Å². The third-order valence-corrected chi connectivity index (χ3v) is 0.518. The zero-order valence-corrected chi connectivity index (χ0v) is 11.5. The Kier molecular flexibility index (Phi) is 28.5. The standard InChI is InChI=1S/C4H10N2O.3C2H4O2/c1-4(7)6-3-2-5;3*1-2(3)4/h2-3,5H2,1H3,(H,6,7);3*1H3,(H,3,4). The van der Waals surface area contributed by atoms with E-state index in [9.17, 15) is 4.79 Å². The number of rotatable bonds is 2. The van der Waals surface area contributed by atoms with Gasteiger partial charge in [-0.05, 0) is 0 Å². The summed E-state index contributed by atoms with van der Waals surface area (Å²) in [6.07, 6.45) is 0. The number of carboxylic acids is 3. The van der Waals surface area contributed by atoms with Gasteiger partial charge in [-0.15, -0.1) is 0 Å². The van der Waals surface area contributed by atoms with Crippen molar-refractivity contribution in [3.8, 4) is 0 Å². The molecule has 9 heteroatoms. The van der Waals surface area contributed by atoms with E-state index in [-0.39, 0.29) is 5.91 Å². The normalized spacial score (nSPS) is 7.00. The van der Waals surface area contributed by atoms with Crippen LogP contribution in [0.25, 0.3) is 0 Å². The highest BCUT2D eigenvalue weighted by Gasteiger charge is 1.83. The molecule has 0 saturated carbocycles. The predicted octanol–water partition coefficient (Wildman–Crippen LogP) is -0.646. The molecule has 0 radical (unpaired) electrons. The van der Waals surface area contributed by atoms with Crippen LogP contribution in [0.1, 0.15) is 27.7 Å². The molecule has 0 spiro atoms. The van der Waals surface area contributed by atoms with Crippen LogP contribution in [0, 0.1) is 0 Å². The van der Waals surface area contributed by atoms with Crippen LogP contribution in [0.4, 0.5) is 0 Å². The highest BCUT2D eigenvalue weighted by Crippen LogP contribution is 1.54. The number of nitrogens with two attached hydrogens (primary N) is 1. The molecule has 0 rings (SSSR count). The van der Waals surface area contributed by atoms with E-state index in [1.807, 2.05) is 0 Å². The number of nitrogens with one attached hydrogen (secondary N) is 1. The van der Waals surface area contributed by atoms with Crippen molar-refractivity contribution in [2.45, 2.75) is 27.7 Å². The molecule has 0 atom stereocenters. The SMILES string of the molecule is CC(=O)NCCN.CC(=O)O.CC(=O)O.CC(=O)O. The zero-order valence-electron chi connectivity index (χ0n) is 11.5. The number of carbonyl (C=O) groups is 4. The average molecular weight is 282 g/mol. The fourth-order valence-corrected chi connectivity index (χ4v) is 0.248.